The molecular formula is C30H33F2NO2. The first-order valence-corrected chi connectivity index (χ1v) is 12.4. The number of likely N-dealkylation sites (tertiary alicyclic amines) is 1. The number of rotatable bonds is 10. The lowest BCUT2D eigenvalue weighted by molar-refractivity contribution is -0.0142. The average molecular weight is 478 g/mol. The van der Waals surface area contributed by atoms with E-state index in [1.165, 1.54) is 0 Å². The van der Waals surface area contributed by atoms with Gasteiger partial charge in [0.05, 0.1) is 0 Å². The molecule has 0 aliphatic carbocycles. The molecular weight excluding hydrogens is 444 g/mol. The number of alkyl halides is 2. The molecule has 3 aromatic rings. The number of nitrogens with zero attached hydrogens (tertiary/aromatic N) is 1. The zero-order valence-corrected chi connectivity index (χ0v) is 20.0. The van der Waals surface area contributed by atoms with Gasteiger partial charge in [0.15, 0.2) is 5.78 Å². The minimum atomic E-state index is -2.38. The first-order valence-electron chi connectivity index (χ1n) is 12.4. The standard InChI is InChI=1S/C30H33F2NO2/c31-29(32)22-23-13-15-24(16-14-23)28(34)12-7-19-33-20-17-27(18-21-33)30(35,25-8-3-1-4-9-25)26-10-5-2-6-11-26/h1-6,8-11,13-16,27,29,35H,7,12,17-22H2. The van der Waals surface area contributed by atoms with Crippen molar-refractivity contribution in [2.24, 2.45) is 5.92 Å². The molecule has 184 valence electrons. The van der Waals surface area contributed by atoms with Crippen LogP contribution in [0, 0.1) is 5.92 Å². The SMILES string of the molecule is O=C(CCCN1CCC(C(O)(c2ccccc2)c2ccccc2)CC1)c1ccc(CC(F)F)cc1. The van der Waals surface area contributed by atoms with Crippen molar-refractivity contribution in [3.63, 3.8) is 0 Å². The molecule has 0 bridgehead atoms. The van der Waals surface area contributed by atoms with Crippen molar-refractivity contribution in [3.8, 4) is 0 Å². The summed E-state index contributed by atoms with van der Waals surface area (Å²) in [7, 11) is 0. The number of ketones is 1. The fourth-order valence-electron chi connectivity index (χ4n) is 5.21. The zero-order valence-electron chi connectivity index (χ0n) is 20.0. The van der Waals surface area contributed by atoms with Gasteiger partial charge in [-0.15, -0.1) is 0 Å². The number of hydrogen-bond donors (Lipinski definition) is 1. The van der Waals surface area contributed by atoms with E-state index in [-0.39, 0.29) is 18.1 Å². The van der Waals surface area contributed by atoms with E-state index in [9.17, 15) is 18.7 Å². The van der Waals surface area contributed by atoms with Gasteiger partial charge in [0.25, 0.3) is 0 Å². The second-order valence-corrected chi connectivity index (χ2v) is 9.43. The topological polar surface area (TPSA) is 40.5 Å². The van der Waals surface area contributed by atoms with E-state index in [1.807, 2.05) is 60.7 Å². The highest BCUT2D eigenvalue weighted by Crippen LogP contribution is 2.41. The molecule has 3 aromatic carbocycles. The van der Waals surface area contributed by atoms with Crippen molar-refractivity contribution >= 4 is 5.78 Å². The molecule has 1 N–H and O–H groups in total. The molecule has 5 heteroatoms. The first-order chi connectivity index (χ1) is 17.0. The molecule has 0 unspecified atom stereocenters. The van der Waals surface area contributed by atoms with E-state index < -0.39 is 12.0 Å². The van der Waals surface area contributed by atoms with Crippen LogP contribution in [0.5, 0.6) is 0 Å². The lowest BCUT2D eigenvalue weighted by Crippen LogP contribution is -2.44. The zero-order chi connectivity index (χ0) is 24.7. The third kappa shape index (κ3) is 6.22. The van der Waals surface area contributed by atoms with Gasteiger partial charge in [-0.2, -0.15) is 0 Å². The average Bonchev–Trinajstić information content (AvgIpc) is 2.89. The summed E-state index contributed by atoms with van der Waals surface area (Å²) in [5.41, 5.74) is 1.95. The van der Waals surface area contributed by atoms with Crippen molar-refractivity contribution in [1.82, 2.24) is 4.90 Å². The molecule has 1 heterocycles. The van der Waals surface area contributed by atoms with Gasteiger partial charge in [0, 0.05) is 18.4 Å². The Morgan fingerprint density at radius 1 is 0.886 bits per heavy atom. The summed E-state index contributed by atoms with van der Waals surface area (Å²) in [5, 5.41) is 12.0. The van der Waals surface area contributed by atoms with Gasteiger partial charge in [-0.25, -0.2) is 8.78 Å². The van der Waals surface area contributed by atoms with Crippen LogP contribution >= 0.6 is 0 Å². The maximum absolute atomic E-state index is 12.5. The smallest absolute Gasteiger partial charge is 0.242 e. The predicted molar refractivity (Wildman–Crippen MR) is 135 cm³/mol. The van der Waals surface area contributed by atoms with Crippen LogP contribution in [0.1, 0.15) is 52.7 Å². The maximum atomic E-state index is 12.5. The Labute approximate surface area is 206 Å². The van der Waals surface area contributed by atoms with Crippen LogP contribution in [0.4, 0.5) is 8.78 Å². The van der Waals surface area contributed by atoms with E-state index in [1.54, 1.807) is 24.3 Å². The summed E-state index contributed by atoms with van der Waals surface area (Å²) in [6.07, 6.45) is 0.279. The highest BCUT2D eigenvalue weighted by molar-refractivity contribution is 5.96. The molecule has 0 radical (unpaired) electrons. The minimum Gasteiger partial charge on any atom is -0.380 e. The van der Waals surface area contributed by atoms with Crippen LogP contribution in [0.25, 0.3) is 0 Å². The van der Waals surface area contributed by atoms with Crippen LogP contribution in [-0.2, 0) is 12.0 Å². The van der Waals surface area contributed by atoms with Gasteiger partial charge in [-0.3, -0.25) is 4.79 Å². The Bertz CT molecular complexity index is 1020. The van der Waals surface area contributed by atoms with E-state index >= 15 is 0 Å². The molecule has 0 spiro atoms. The molecule has 1 saturated heterocycles. The molecule has 1 fully saturated rings. The third-order valence-electron chi connectivity index (χ3n) is 7.15. The second kappa shape index (κ2) is 11.7. The summed E-state index contributed by atoms with van der Waals surface area (Å²) < 4.78 is 25.0. The summed E-state index contributed by atoms with van der Waals surface area (Å²) in [5.74, 6) is 0.156. The Morgan fingerprint density at radius 2 is 1.43 bits per heavy atom. The Morgan fingerprint density at radius 3 is 1.94 bits per heavy atom. The highest BCUT2D eigenvalue weighted by atomic mass is 19.3. The minimum absolute atomic E-state index is 0.0472. The van der Waals surface area contributed by atoms with Crippen LogP contribution in [0.15, 0.2) is 84.9 Å². The largest absolute Gasteiger partial charge is 0.380 e. The first kappa shape index (κ1) is 25.2. The van der Waals surface area contributed by atoms with Crippen LogP contribution in [0.3, 0.4) is 0 Å². The number of piperidine rings is 1. The summed E-state index contributed by atoms with van der Waals surface area (Å²) in [4.78, 5) is 14.9. The van der Waals surface area contributed by atoms with Crippen LogP contribution in [0.2, 0.25) is 0 Å². The molecule has 4 rings (SSSR count). The molecule has 1 aliphatic heterocycles. The van der Waals surface area contributed by atoms with E-state index in [2.05, 4.69) is 4.90 Å². The van der Waals surface area contributed by atoms with Gasteiger partial charge < -0.3 is 10.0 Å². The number of Topliss-reactive ketones (excluding diaryl/α,β-unsaturated/α-hetero) is 1. The summed E-state index contributed by atoms with van der Waals surface area (Å²) >= 11 is 0. The van der Waals surface area contributed by atoms with Crippen molar-refractivity contribution < 1.29 is 18.7 Å². The number of aliphatic hydroxyl groups is 1. The molecule has 0 atom stereocenters. The number of benzene rings is 3. The molecule has 0 aromatic heterocycles. The highest BCUT2D eigenvalue weighted by Gasteiger charge is 2.41. The van der Waals surface area contributed by atoms with Gasteiger partial charge in [-0.1, -0.05) is 84.9 Å². The molecule has 0 amide bonds. The number of halogens is 2. The maximum Gasteiger partial charge on any atom is 0.242 e. The van der Waals surface area contributed by atoms with E-state index in [4.69, 9.17) is 0 Å². The van der Waals surface area contributed by atoms with Gasteiger partial charge in [0.2, 0.25) is 6.43 Å². The van der Waals surface area contributed by atoms with E-state index in [0.717, 1.165) is 50.0 Å². The quantitative estimate of drug-likeness (QED) is 0.359. The van der Waals surface area contributed by atoms with Crippen molar-refractivity contribution in [1.29, 1.82) is 0 Å². The number of hydrogen-bond acceptors (Lipinski definition) is 3. The lowest BCUT2D eigenvalue weighted by atomic mass is 9.72. The van der Waals surface area contributed by atoms with Crippen molar-refractivity contribution in [3.05, 3.63) is 107 Å². The summed E-state index contributed by atoms with van der Waals surface area (Å²) in [6.45, 7) is 2.59. The second-order valence-electron chi connectivity index (χ2n) is 9.43. The van der Waals surface area contributed by atoms with Crippen molar-refractivity contribution in [2.75, 3.05) is 19.6 Å². The Kier molecular flexibility index (Phi) is 8.42. The van der Waals surface area contributed by atoms with Gasteiger partial charge >= 0.3 is 0 Å². The predicted octanol–water partition coefficient (Wildman–Crippen LogP) is 6.11. The molecule has 3 nitrogen and oxygen atoms in total. The van der Waals surface area contributed by atoms with Crippen LogP contribution < -0.4 is 0 Å². The van der Waals surface area contributed by atoms with Crippen LogP contribution in [-0.4, -0.2) is 41.8 Å². The van der Waals surface area contributed by atoms with E-state index in [0.29, 0.717) is 17.5 Å². The fourth-order valence-corrected chi connectivity index (χ4v) is 5.21. The van der Waals surface area contributed by atoms with Gasteiger partial charge in [-0.05, 0) is 61.5 Å². The molecule has 35 heavy (non-hydrogen) atoms. The molecule has 0 saturated carbocycles. The summed E-state index contributed by atoms with van der Waals surface area (Å²) in [6, 6.07) is 26.4. The van der Waals surface area contributed by atoms with Crippen molar-refractivity contribution in [2.45, 2.75) is 44.1 Å². The Hall–Kier alpha value is -2.89. The third-order valence-corrected chi connectivity index (χ3v) is 7.15. The number of carbonyl (C=O) groups is 1. The Balaban J connectivity index is 1.31. The monoisotopic (exact) mass is 477 g/mol. The molecule has 1 aliphatic rings. The van der Waals surface area contributed by atoms with Gasteiger partial charge in [0.1, 0.15) is 5.60 Å². The lowest BCUT2D eigenvalue weighted by Gasteiger charge is -2.42. The number of carbonyl (C=O) groups excluding carboxylic acids is 1. The normalized spacial score (nSPS) is 15.4. The fraction of sp³-hybridized carbons (Fsp3) is 0.367.